The van der Waals surface area contributed by atoms with Crippen molar-refractivity contribution in [1.29, 1.82) is 0 Å². The quantitative estimate of drug-likeness (QED) is 0.201. The molecule has 0 aromatic heterocycles. The Hall–Kier alpha value is -2.11. The molecule has 0 heterocycles. The fraction of sp³-hybridized carbons (Fsp3) is 0.222. The predicted molar refractivity (Wildman–Crippen MR) is 60.6 cm³/mol. The van der Waals surface area contributed by atoms with Crippen molar-refractivity contribution in [2.75, 3.05) is 0 Å². The van der Waals surface area contributed by atoms with Crippen LogP contribution in [0.4, 0.5) is 5.69 Å². The summed E-state index contributed by atoms with van der Waals surface area (Å²) in [5.74, 6) is 0. The molecule has 0 aliphatic carbocycles. The van der Waals surface area contributed by atoms with E-state index in [0.29, 0.717) is 5.56 Å². The number of nitro groups is 1. The Morgan fingerprint density at radius 2 is 2.12 bits per heavy atom. The molecule has 1 atom stereocenters. The van der Waals surface area contributed by atoms with Crippen LogP contribution in [0.3, 0.4) is 0 Å². The highest BCUT2D eigenvalue weighted by Gasteiger charge is 2.15. The van der Waals surface area contributed by atoms with E-state index in [1.807, 2.05) is 0 Å². The first-order valence-electron chi connectivity index (χ1n) is 4.51. The normalized spacial score (nSPS) is 11.4. The summed E-state index contributed by atoms with van der Waals surface area (Å²) in [6.45, 7) is 0. The van der Waals surface area contributed by atoms with E-state index >= 15 is 0 Å². The summed E-state index contributed by atoms with van der Waals surface area (Å²) >= 11 is 5.24. The number of nitrogens with zero attached hydrogens (tertiary/aromatic N) is 4. The van der Waals surface area contributed by atoms with Crippen molar-refractivity contribution in [1.82, 2.24) is 0 Å². The molecule has 0 amide bonds. The molecule has 0 aliphatic heterocycles. The van der Waals surface area contributed by atoms with E-state index in [4.69, 9.17) is 17.1 Å². The Bertz CT molecular complexity index is 480. The summed E-state index contributed by atoms with van der Waals surface area (Å²) in [5.41, 5.74) is 8.82. The number of carbonyl (C=O) groups is 1. The number of rotatable bonds is 5. The van der Waals surface area contributed by atoms with Gasteiger partial charge in [0, 0.05) is 17.0 Å². The molecule has 0 spiro atoms. The summed E-state index contributed by atoms with van der Waals surface area (Å²) in [4.78, 5) is 23.3. The van der Waals surface area contributed by atoms with Crippen molar-refractivity contribution in [3.8, 4) is 0 Å². The Labute approximate surface area is 101 Å². The van der Waals surface area contributed by atoms with Gasteiger partial charge in [-0.1, -0.05) is 17.2 Å². The van der Waals surface area contributed by atoms with Gasteiger partial charge < -0.3 is 0 Å². The van der Waals surface area contributed by atoms with Gasteiger partial charge in [-0.25, -0.2) is 0 Å². The lowest BCUT2D eigenvalue weighted by Gasteiger charge is -2.05. The van der Waals surface area contributed by atoms with Gasteiger partial charge in [0.25, 0.3) is 5.69 Å². The third kappa shape index (κ3) is 3.75. The molecular weight excluding hydrogens is 248 g/mol. The minimum Gasteiger partial charge on any atom is -0.281 e. The first kappa shape index (κ1) is 13.0. The zero-order valence-electron chi connectivity index (χ0n) is 8.49. The molecule has 8 heteroatoms. The van der Waals surface area contributed by atoms with E-state index in [1.165, 1.54) is 24.3 Å². The van der Waals surface area contributed by atoms with E-state index in [1.54, 1.807) is 0 Å². The van der Waals surface area contributed by atoms with Gasteiger partial charge in [-0.2, -0.15) is 0 Å². The Balaban J connectivity index is 2.83. The number of hydrogen-bond acceptors (Lipinski definition) is 4. The van der Waals surface area contributed by atoms with Crippen LogP contribution in [0.2, 0.25) is 0 Å². The smallest absolute Gasteiger partial charge is 0.269 e. The van der Waals surface area contributed by atoms with E-state index in [0.717, 1.165) is 0 Å². The van der Waals surface area contributed by atoms with Gasteiger partial charge in [-0.15, -0.1) is 0 Å². The highest BCUT2D eigenvalue weighted by molar-refractivity contribution is 6.64. The van der Waals surface area contributed by atoms with Crippen LogP contribution >= 0.6 is 11.6 Å². The second-order valence-electron chi connectivity index (χ2n) is 3.15. The maximum Gasteiger partial charge on any atom is 0.269 e. The van der Waals surface area contributed by atoms with Crippen molar-refractivity contribution in [3.63, 3.8) is 0 Å². The number of halogens is 1. The minimum absolute atomic E-state index is 0.0497. The van der Waals surface area contributed by atoms with Crippen LogP contribution in [0.1, 0.15) is 5.56 Å². The lowest BCUT2D eigenvalue weighted by Crippen LogP contribution is -2.15. The zero-order chi connectivity index (χ0) is 12.8. The Kier molecular flexibility index (Phi) is 4.45. The second-order valence-corrected chi connectivity index (χ2v) is 3.53. The summed E-state index contributed by atoms with van der Waals surface area (Å²) < 4.78 is 0. The molecule has 1 rings (SSSR count). The van der Waals surface area contributed by atoms with Gasteiger partial charge in [0.2, 0.25) is 5.24 Å². The monoisotopic (exact) mass is 254 g/mol. The highest BCUT2D eigenvalue weighted by Crippen LogP contribution is 2.15. The molecule has 17 heavy (non-hydrogen) atoms. The third-order valence-electron chi connectivity index (χ3n) is 2.03. The van der Waals surface area contributed by atoms with Crippen molar-refractivity contribution >= 4 is 22.5 Å². The van der Waals surface area contributed by atoms with Gasteiger partial charge >= 0.3 is 0 Å². The van der Waals surface area contributed by atoms with E-state index in [-0.39, 0.29) is 12.1 Å². The second kappa shape index (κ2) is 5.83. The number of non-ortho nitro benzene ring substituents is 1. The minimum atomic E-state index is -0.997. The topological polar surface area (TPSA) is 109 Å². The largest absolute Gasteiger partial charge is 0.281 e. The number of carbonyl (C=O) groups excluding carboxylic acids is 1. The van der Waals surface area contributed by atoms with E-state index in [2.05, 4.69) is 10.0 Å². The van der Waals surface area contributed by atoms with Crippen LogP contribution in [0.25, 0.3) is 10.4 Å². The number of azide groups is 1. The first-order valence-corrected chi connectivity index (χ1v) is 4.89. The molecule has 0 aliphatic rings. The van der Waals surface area contributed by atoms with Gasteiger partial charge in [0.1, 0.15) is 6.04 Å². The van der Waals surface area contributed by atoms with Crippen LogP contribution in [-0.2, 0) is 11.2 Å². The molecule has 1 aromatic carbocycles. The average Bonchev–Trinajstić information content (AvgIpc) is 2.29. The first-order chi connectivity index (χ1) is 8.04. The fourth-order valence-electron chi connectivity index (χ4n) is 1.21. The van der Waals surface area contributed by atoms with E-state index in [9.17, 15) is 14.9 Å². The van der Waals surface area contributed by atoms with E-state index < -0.39 is 16.2 Å². The predicted octanol–water partition coefficient (Wildman–Crippen LogP) is 2.58. The summed E-state index contributed by atoms with van der Waals surface area (Å²) in [5, 5.41) is 12.9. The lowest BCUT2D eigenvalue weighted by atomic mass is 10.1. The van der Waals surface area contributed by atoms with Crippen LogP contribution in [0, 0.1) is 10.1 Å². The molecule has 88 valence electrons. The molecular formula is C9H7ClN4O3. The van der Waals surface area contributed by atoms with Crippen molar-refractivity contribution in [2.24, 2.45) is 5.11 Å². The van der Waals surface area contributed by atoms with Crippen molar-refractivity contribution in [2.45, 2.75) is 12.5 Å². The summed E-state index contributed by atoms with van der Waals surface area (Å²) in [6.07, 6.45) is 0.115. The highest BCUT2D eigenvalue weighted by atomic mass is 35.5. The maximum absolute atomic E-state index is 10.9. The molecule has 1 unspecified atom stereocenters. The molecule has 0 saturated heterocycles. The van der Waals surface area contributed by atoms with Crippen LogP contribution < -0.4 is 0 Å². The summed E-state index contributed by atoms with van der Waals surface area (Å²) in [7, 11) is 0. The Morgan fingerprint density at radius 3 is 2.53 bits per heavy atom. The molecule has 0 fully saturated rings. The molecule has 0 radical (unpaired) electrons. The van der Waals surface area contributed by atoms with Crippen LogP contribution in [-0.4, -0.2) is 16.2 Å². The van der Waals surface area contributed by atoms with Crippen LogP contribution in [0.15, 0.2) is 29.4 Å². The fourth-order valence-corrected chi connectivity index (χ4v) is 1.33. The molecule has 0 saturated carbocycles. The molecule has 1 aromatic rings. The van der Waals surface area contributed by atoms with Crippen molar-refractivity contribution in [3.05, 3.63) is 50.4 Å². The molecule has 7 nitrogen and oxygen atoms in total. The van der Waals surface area contributed by atoms with Crippen molar-refractivity contribution < 1.29 is 9.72 Å². The number of nitro benzene ring substituents is 1. The number of hydrogen-bond donors (Lipinski definition) is 0. The maximum atomic E-state index is 10.9. The summed E-state index contributed by atoms with van der Waals surface area (Å²) in [6, 6.07) is 4.58. The molecule has 0 N–H and O–H groups in total. The average molecular weight is 255 g/mol. The zero-order valence-corrected chi connectivity index (χ0v) is 9.24. The standard InChI is InChI=1S/C9H7ClN4O3/c10-9(15)8(12-13-11)5-6-1-3-7(4-2-6)14(16)17/h1-4,8H,5H2. The van der Waals surface area contributed by atoms with Crippen LogP contribution in [0.5, 0.6) is 0 Å². The molecule has 0 bridgehead atoms. The van der Waals surface area contributed by atoms with Gasteiger partial charge in [0.05, 0.1) is 4.92 Å². The Morgan fingerprint density at radius 1 is 1.53 bits per heavy atom. The lowest BCUT2D eigenvalue weighted by molar-refractivity contribution is -0.384. The third-order valence-corrected chi connectivity index (χ3v) is 2.28. The van der Waals surface area contributed by atoms with Gasteiger partial charge in [-0.3, -0.25) is 14.9 Å². The number of benzene rings is 1. The SMILES string of the molecule is [N-]=[N+]=NC(Cc1ccc([N+](=O)[O-])cc1)C(=O)Cl. The van der Waals surface area contributed by atoms with Gasteiger partial charge in [0.15, 0.2) is 0 Å². The van der Waals surface area contributed by atoms with Gasteiger partial charge in [-0.05, 0) is 29.1 Å².